The van der Waals surface area contributed by atoms with Crippen LogP contribution in [0.2, 0.25) is 0 Å². The van der Waals surface area contributed by atoms with Gasteiger partial charge in [-0.25, -0.2) is 0 Å². The van der Waals surface area contributed by atoms with E-state index < -0.39 is 0 Å². The van der Waals surface area contributed by atoms with Crippen LogP contribution in [-0.2, 0) is 0 Å². The second kappa shape index (κ2) is 4.30. The van der Waals surface area contributed by atoms with E-state index in [1.54, 1.807) is 0 Å². The summed E-state index contributed by atoms with van der Waals surface area (Å²) in [6.07, 6.45) is 16.5. The maximum atomic E-state index is 2.52. The third kappa shape index (κ3) is 2.02. The van der Waals surface area contributed by atoms with Crippen LogP contribution in [-0.4, -0.2) is 0 Å². The van der Waals surface area contributed by atoms with Gasteiger partial charge in [0, 0.05) is 0 Å². The van der Waals surface area contributed by atoms with E-state index in [0.717, 1.165) is 11.8 Å². The molecule has 0 heteroatoms. The topological polar surface area (TPSA) is 0 Å². The van der Waals surface area contributed by atoms with Crippen molar-refractivity contribution in [2.45, 2.75) is 51.4 Å². The highest BCUT2D eigenvalue weighted by atomic mass is 14.3. The SMILES string of the molecule is [CH]1CCC(C2C[CH]CCC2)CC1. The number of hydrogen-bond acceptors (Lipinski definition) is 0. The largest absolute Gasteiger partial charge is 0.0528 e. The molecule has 2 aliphatic rings. The second-order valence-corrected chi connectivity index (χ2v) is 4.42. The van der Waals surface area contributed by atoms with E-state index in [9.17, 15) is 0 Å². The Morgan fingerprint density at radius 1 is 0.750 bits per heavy atom. The quantitative estimate of drug-likeness (QED) is 0.553. The molecule has 0 heterocycles. The van der Waals surface area contributed by atoms with Crippen LogP contribution in [0.15, 0.2) is 0 Å². The van der Waals surface area contributed by atoms with E-state index >= 15 is 0 Å². The van der Waals surface area contributed by atoms with Crippen LogP contribution < -0.4 is 0 Å². The van der Waals surface area contributed by atoms with Crippen LogP contribution in [0.5, 0.6) is 0 Å². The molecule has 2 aliphatic carbocycles. The third-order valence-corrected chi connectivity index (χ3v) is 3.60. The van der Waals surface area contributed by atoms with Crippen molar-refractivity contribution in [1.29, 1.82) is 0 Å². The van der Waals surface area contributed by atoms with Crippen molar-refractivity contribution >= 4 is 0 Å². The highest BCUT2D eigenvalue weighted by molar-refractivity contribution is 4.86. The van der Waals surface area contributed by atoms with Crippen molar-refractivity contribution in [3.63, 3.8) is 0 Å². The Bertz CT molecular complexity index is 100. The van der Waals surface area contributed by atoms with Crippen molar-refractivity contribution in [3.05, 3.63) is 12.8 Å². The minimum atomic E-state index is 1.06. The molecule has 0 aromatic carbocycles. The zero-order valence-electron chi connectivity index (χ0n) is 7.97. The van der Waals surface area contributed by atoms with Gasteiger partial charge in [0.2, 0.25) is 0 Å². The lowest BCUT2D eigenvalue weighted by molar-refractivity contribution is 0.233. The van der Waals surface area contributed by atoms with E-state index in [2.05, 4.69) is 12.8 Å². The summed E-state index contributed by atoms with van der Waals surface area (Å²) in [5, 5.41) is 0. The minimum absolute atomic E-state index is 1.06. The van der Waals surface area contributed by atoms with Crippen molar-refractivity contribution < 1.29 is 0 Å². The maximum absolute atomic E-state index is 2.52. The normalized spacial score (nSPS) is 29.0. The van der Waals surface area contributed by atoms with E-state index in [-0.39, 0.29) is 0 Å². The van der Waals surface area contributed by atoms with E-state index in [1.807, 2.05) is 0 Å². The summed E-state index contributed by atoms with van der Waals surface area (Å²) >= 11 is 0. The summed E-state index contributed by atoms with van der Waals surface area (Å²) in [4.78, 5) is 0. The Hall–Kier alpha value is 0. The predicted molar refractivity (Wildman–Crippen MR) is 52.5 cm³/mol. The van der Waals surface area contributed by atoms with Gasteiger partial charge in [-0.15, -0.1) is 0 Å². The molecule has 0 saturated heterocycles. The van der Waals surface area contributed by atoms with Gasteiger partial charge in [-0.3, -0.25) is 0 Å². The summed E-state index contributed by atoms with van der Waals surface area (Å²) in [7, 11) is 0. The molecule has 0 bridgehead atoms. The molecular formula is C12H20. The molecule has 2 fully saturated rings. The van der Waals surface area contributed by atoms with Crippen molar-refractivity contribution in [3.8, 4) is 0 Å². The summed E-state index contributed by atoms with van der Waals surface area (Å²) in [6.45, 7) is 0. The Morgan fingerprint density at radius 2 is 1.58 bits per heavy atom. The van der Waals surface area contributed by atoms with Crippen LogP contribution in [0.25, 0.3) is 0 Å². The monoisotopic (exact) mass is 164 g/mol. The Balaban J connectivity index is 1.80. The lowest BCUT2D eigenvalue weighted by atomic mass is 9.73. The molecule has 2 radical (unpaired) electrons. The number of hydrogen-bond donors (Lipinski definition) is 0. The smallest absolute Gasteiger partial charge is 0.0383 e. The van der Waals surface area contributed by atoms with Crippen molar-refractivity contribution in [2.24, 2.45) is 11.8 Å². The van der Waals surface area contributed by atoms with Gasteiger partial charge in [-0.2, -0.15) is 0 Å². The average Bonchev–Trinajstić information content (AvgIpc) is 2.21. The highest BCUT2D eigenvalue weighted by Gasteiger charge is 2.24. The molecule has 0 aromatic rings. The molecule has 2 saturated carbocycles. The molecule has 1 unspecified atom stereocenters. The van der Waals surface area contributed by atoms with Crippen LogP contribution in [0.1, 0.15) is 51.4 Å². The molecule has 0 nitrogen and oxygen atoms in total. The first-order chi connectivity index (χ1) is 5.97. The van der Waals surface area contributed by atoms with Gasteiger partial charge in [0.15, 0.2) is 0 Å². The van der Waals surface area contributed by atoms with Crippen LogP contribution in [0.4, 0.5) is 0 Å². The van der Waals surface area contributed by atoms with E-state index in [1.165, 1.54) is 51.4 Å². The fourth-order valence-corrected chi connectivity index (χ4v) is 2.83. The molecular weight excluding hydrogens is 144 g/mol. The molecule has 0 aromatic heterocycles. The Labute approximate surface area is 76.7 Å². The van der Waals surface area contributed by atoms with Gasteiger partial charge in [-0.1, -0.05) is 19.3 Å². The Kier molecular flexibility index (Phi) is 3.08. The lowest BCUT2D eigenvalue weighted by Gasteiger charge is -2.32. The molecule has 0 N–H and O–H groups in total. The minimum Gasteiger partial charge on any atom is -0.0528 e. The molecule has 68 valence electrons. The van der Waals surface area contributed by atoms with Gasteiger partial charge < -0.3 is 0 Å². The molecule has 2 rings (SSSR count). The average molecular weight is 164 g/mol. The zero-order valence-corrected chi connectivity index (χ0v) is 7.97. The first-order valence-electron chi connectivity index (χ1n) is 5.60. The van der Waals surface area contributed by atoms with Gasteiger partial charge in [-0.05, 0) is 56.8 Å². The van der Waals surface area contributed by atoms with Crippen molar-refractivity contribution in [1.82, 2.24) is 0 Å². The zero-order chi connectivity index (χ0) is 8.23. The fraction of sp³-hybridized carbons (Fsp3) is 0.833. The summed E-state index contributed by atoms with van der Waals surface area (Å²) in [5.74, 6) is 2.14. The van der Waals surface area contributed by atoms with Crippen molar-refractivity contribution in [2.75, 3.05) is 0 Å². The lowest BCUT2D eigenvalue weighted by Crippen LogP contribution is -2.20. The maximum Gasteiger partial charge on any atom is -0.0383 e. The highest BCUT2D eigenvalue weighted by Crippen LogP contribution is 2.37. The van der Waals surface area contributed by atoms with Gasteiger partial charge in [0.25, 0.3) is 0 Å². The standard InChI is InChI=1S/C12H20/c1-3-7-11(8-4-1)12-9-5-2-6-10-12/h1,5,11-12H,2-4,6-10H2. The van der Waals surface area contributed by atoms with Crippen LogP contribution >= 0.6 is 0 Å². The van der Waals surface area contributed by atoms with Gasteiger partial charge in [0.05, 0.1) is 0 Å². The first-order valence-corrected chi connectivity index (χ1v) is 5.60. The summed E-state index contributed by atoms with van der Waals surface area (Å²) in [6, 6.07) is 0. The third-order valence-electron chi connectivity index (χ3n) is 3.60. The summed E-state index contributed by atoms with van der Waals surface area (Å²) < 4.78 is 0. The van der Waals surface area contributed by atoms with Crippen LogP contribution in [0.3, 0.4) is 0 Å². The predicted octanol–water partition coefficient (Wildman–Crippen LogP) is 3.78. The molecule has 12 heavy (non-hydrogen) atoms. The summed E-state index contributed by atoms with van der Waals surface area (Å²) in [5.41, 5.74) is 0. The fourth-order valence-electron chi connectivity index (χ4n) is 2.83. The van der Waals surface area contributed by atoms with Gasteiger partial charge in [0.1, 0.15) is 0 Å². The number of rotatable bonds is 1. The molecule has 0 amide bonds. The van der Waals surface area contributed by atoms with Crippen LogP contribution in [0, 0.1) is 24.7 Å². The van der Waals surface area contributed by atoms with Gasteiger partial charge >= 0.3 is 0 Å². The molecule has 0 spiro atoms. The first kappa shape index (κ1) is 8.59. The van der Waals surface area contributed by atoms with E-state index in [0.29, 0.717) is 0 Å². The Morgan fingerprint density at radius 3 is 2.25 bits per heavy atom. The molecule has 0 aliphatic heterocycles. The molecule has 1 atom stereocenters. The van der Waals surface area contributed by atoms with E-state index in [4.69, 9.17) is 0 Å². The second-order valence-electron chi connectivity index (χ2n) is 4.42.